The molecule has 0 bridgehead atoms. The zero-order valence-corrected chi connectivity index (χ0v) is 16.7. The van der Waals surface area contributed by atoms with Crippen molar-refractivity contribution in [2.45, 2.75) is 0 Å². The van der Waals surface area contributed by atoms with E-state index in [0.29, 0.717) is 4.88 Å². The van der Waals surface area contributed by atoms with E-state index < -0.39 is 5.97 Å². The van der Waals surface area contributed by atoms with Crippen molar-refractivity contribution in [3.8, 4) is 16.5 Å². The average molecular weight is 402 g/mol. The second-order valence-electron chi connectivity index (χ2n) is 6.33. The number of anilines is 1. The summed E-state index contributed by atoms with van der Waals surface area (Å²) in [5, 5.41) is 26.3. The number of carboxylic acids is 1. The highest BCUT2D eigenvalue weighted by molar-refractivity contribution is 7.16. The van der Waals surface area contributed by atoms with Gasteiger partial charge in [-0.2, -0.15) is 15.5 Å². The van der Waals surface area contributed by atoms with Crippen molar-refractivity contribution < 1.29 is 9.90 Å². The Morgan fingerprint density at radius 2 is 1.59 bits per heavy atom. The number of rotatable bonds is 6. The van der Waals surface area contributed by atoms with Crippen LogP contribution in [0, 0.1) is 11.3 Å². The molecule has 0 spiro atoms. The molecule has 0 atom stereocenters. The van der Waals surface area contributed by atoms with Gasteiger partial charge in [0.25, 0.3) is 0 Å². The summed E-state index contributed by atoms with van der Waals surface area (Å²) in [5.41, 5.74) is 3.31. The lowest BCUT2D eigenvalue weighted by atomic mass is 10.2. The zero-order valence-electron chi connectivity index (χ0n) is 15.9. The summed E-state index contributed by atoms with van der Waals surface area (Å²) in [6.45, 7) is 0. The molecule has 0 saturated carbocycles. The fraction of sp³-hybridized carbons (Fsp3) is 0.0909. The number of carboxylic acid groups (broad SMARTS) is 1. The third-order valence-corrected chi connectivity index (χ3v) is 5.14. The molecular weight excluding hydrogens is 384 g/mol. The van der Waals surface area contributed by atoms with Crippen LogP contribution in [0.15, 0.2) is 76.5 Å². The molecule has 1 N–H and O–H groups in total. The van der Waals surface area contributed by atoms with E-state index in [-0.39, 0.29) is 5.57 Å². The van der Waals surface area contributed by atoms with Crippen molar-refractivity contribution in [2.24, 2.45) is 10.2 Å². The van der Waals surface area contributed by atoms with Crippen molar-refractivity contribution in [1.29, 1.82) is 5.26 Å². The highest BCUT2D eigenvalue weighted by Gasteiger charge is 2.08. The molecule has 3 aromatic rings. The van der Waals surface area contributed by atoms with Gasteiger partial charge < -0.3 is 10.0 Å². The molecule has 29 heavy (non-hydrogen) atoms. The van der Waals surface area contributed by atoms with Crippen molar-refractivity contribution in [1.82, 2.24) is 0 Å². The van der Waals surface area contributed by atoms with Gasteiger partial charge in [-0.25, -0.2) is 4.79 Å². The van der Waals surface area contributed by atoms with Crippen LogP contribution < -0.4 is 4.90 Å². The first-order valence-corrected chi connectivity index (χ1v) is 9.52. The van der Waals surface area contributed by atoms with Crippen molar-refractivity contribution in [3.05, 3.63) is 71.1 Å². The highest BCUT2D eigenvalue weighted by Crippen LogP contribution is 2.31. The molecule has 0 radical (unpaired) electrons. The van der Waals surface area contributed by atoms with Gasteiger partial charge in [-0.3, -0.25) is 0 Å². The normalized spacial score (nSPS) is 11.4. The molecule has 0 fully saturated rings. The number of nitrogens with zero attached hydrogens (tertiary/aromatic N) is 4. The van der Waals surface area contributed by atoms with Gasteiger partial charge >= 0.3 is 5.97 Å². The predicted octanol–water partition coefficient (Wildman–Crippen LogP) is 5.89. The van der Waals surface area contributed by atoms with Crippen LogP contribution in [0.1, 0.15) is 4.88 Å². The van der Waals surface area contributed by atoms with Crippen LogP contribution >= 0.6 is 11.3 Å². The third-order valence-electron chi connectivity index (χ3n) is 4.06. The second kappa shape index (κ2) is 8.95. The van der Waals surface area contributed by atoms with E-state index >= 15 is 0 Å². The van der Waals surface area contributed by atoms with E-state index in [1.54, 1.807) is 12.1 Å². The minimum Gasteiger partial charge on any atom is -0.477 e. The summed E-state index contributed by atoms with van der Waals surface area (Å²) in [6.07, 6.45) is 1.38. The largest absolute Gasteiger partial charge is 0.477 e. The fourth-order valence-electron chi connectivity index (χ4n) is 2.49. The van der Waals surface area contributed by atoms with Gasteiger partial charge in [-0.05, 0) is 60.2 Å². The monoisotopic (exact) mass is 402 g/mol. The summed E-state index contributed by atoms with van der Waals surface area (Å²) >= 11 is 1.42. The van der Waals surface area contributed by atoms with Crippen LogP contribution in [-0.2, 0) is 4.79 Å². The number of hydrogen-bond donors (Lipinski definition) is 1. The lowest BCUT2D eigenvalue weighted by Gasteiger charge is -2.11. The molecular formula is C22H18N4O2S. The van der Waals surface area contributed by atoms with E-state index in [0.717, 1.165) is 27.5 Å². The molecule has 1 heterocycles. The summed E-state index contributed by atoms with van der Waals surface area (Å²) < 4.78 is 0. The predicted molar refractivity (Wildman–Crippen MR) is 116 cm³/mol. The maximum Gasteiger partial charge on any atom is 0.346 e. The molecule has 2 aromatic carbocycles. The van der Waals surface area contributed by atoms with E-state index in [1.807, 2.05) is 73.6 Å². The molecule has 0 unspecified atom stereocenters. The minimum absolute atomic E-state index is 0.284. The quantitative estimate of drug-likeness (QED) is 0.316. The summed E-state index contributed by atoms with van der Waals surface area (Å²) in [6, 6.07) is 20.8. The van der Waals surface area contributed by atoms with E-state index in [9.17, 15) is 4.79 Å². The summed E-state index contributed by atoms with van der Waals surface area (Å²) in [7, 11) is 3.97. The van der Waals surface area contributed by atoms with Crippen LogP contribution in [0.25, 0.3) is 16.5 Å². The zero-order chi connectivity index (χ0) is 20.8. The van der Waals surface area contributed by atoms with Gasteiger partial charge in [-0.15, -0.1) is 11.3 Å². The lowest BCUT2D eigenvalue weighted by Crippen LogP contribution is -2.07. The molecule has 0 aliphatic carbocycles. The summed E-state index contributed by atoms with van der Waals surface area (Å²) in [4.78, 5) is 14.7. The van der Waals surface area contributed by atoms with Crippen molar-refractivity contribution in [3.63, 3.8) is 0 Å². The van der Waals surface area contributed by atoms with Gasteiger partial charge in [0, 0.05) is 29.5 Å². The molecule has 0 saturated heterocycles. The topological polar surface area (TPSA) is 89.0 Å². The Labute approximate surface area is 172 Å². The number of hydrogen-bond acceptors (Lipinski definition) is 6. The van der Waals surface area contributed by atoms with Gasteiger partial charge in [-0.1, -0.05) is 12.1 Å². The highest BCUT2D eigenvalue weighted by atomic mass is 32.1. The van der Waals surface area contributed by atoms with E-state index in [1.165, 1.54) is 17.4 Å². The number of nitriles is 1. The SMILES string of the molecule is CN(C)c1ccc(N=Nc2ccc(-c3ccc(/C=C(\C#N)C(=O)O)s3)cc2)cc1. The fourth-order valence-corrected chi connectivity index (χ4v) is 3.45. The van der Waals surface area contributed by atoms with E-state index in [2.05, 4.69) is 10.2 Å². The Morgan fingerprint density at radius 1 is 1.00 bits per heavy atom. The smallest absolute Gasteiger partial charge is 0.346 e. The molecule has 0 aliphatic heterocycles. The number of benzene rings is 2. The number of carbonyl (C=O) groups is 1. The molecule has 3 rings (SSSR count). The van der Waals surface area contributed by atoms with Crippen LogP contribution in [-0.4, -0.2) is 25.2 Å². The number of azo groups is 1. The third kappa shape index (κ3) is 5.15. The Hall–Kier alpha value is -3.76. The van der Waals surface area contributed by atoms with Gasteiger partial charge in [0.2, 0.25) is 0 Å². The number of thiophene rings is 1. The standard InChI is InChI=1S/C22H18N4O2S/c1-26(2)19-9-7-18(8-10-19)25-24-17-5-3-15(4-6-17)21-12-11-20(29-21)13-16(14-23)22(27)28/h3-13H,1-2H3,(H,27,28)/b16-13+,25-24?. The molecule has 0 aliphatic rings. The molecule has 144 valence electrons. The lowest BCUT2D eigenvalue weighted by molar-refractivity contribution is -0.132. The Morgan fingerprint density at radius 3 is 2.10 bits per heavy atom. The maximum atomic E-state index is 11.0. The Balaban J connectivity index is 1.72. The van der Waals surface area contributed by atoms with Gasteiger partial charge in [0.05, 0.1) is 11.4 Å². The summed E-state index contributed by atoms with van der Waals surface area (Å²) in [5.74, 6) is -1.23. The first kappa shape index (κ1) is 20.0. The molecule has 6 nitrogen and oxygen atoms in total. The van der Waals surface area contributed by atoms with Gasteiger partial charge in [0.15, 0.2) is 0 Å². The van der Waals surface area contributed by atoms with Crippen molar-refractivity contribution in [2.75, 3.05) is 19.0 Å². The van der Waals surface area contributed by atoms with E-state index in [4.69, 9.17) is 10.4 Å². The van der Waals surface area contributed by atoms with Crippen LogP contribution in [0.4, 0.5) is 17.1 Å². The van der Waals surface area contributed by atoms with Crippen LogP contribution in [0.3, 0.4) is 0 Å². The first-order chi connectivity index (χ1) is 14.0. The van der Waals surface area contributed by atoms with Gasteiger partial charge in [0.1, 0.15) is 11.6 Å². The molecule has 7 heteroatoms. The number of aliphatic carboxylic acids is 1. The minimum atomic E-state index is -1.23. The average Bonchev–Trinajstić information content (AvgIpc) is 3.19. The molecule has 1 aromatic heterocycles. The molecule has 0 amide bonds. The van der Waals surface area contributed by atoms with Crippen LogP contribution in [0.5, 0.6) is 0 Å². The Kier molecular flexibility index (Phi) is 6.17. The second-order valence-corrected chi connectivity index (χ2v) is 7.45. The first-order valence-electron chi connectivity index (χ1n) is 8.71. The van der Waals surface area contributed by atoms with Crippen molar-refractivity contribution >= 4 is 40.4 Å². The Bertz CT molecular complexity index is 1100. The van der Waals surface area contributed by atoms with Crippen LogP contribution in [0.2, 0.25) is 0 Å². The maximum absolute atomic E-state index is 11.0.